The Morgan fingerprint density at radius 2 is 1.96 bits per heavy atom. The number of hydrogen-bond donors (Lipinski definition) is 1. The molecule has 0 spiro atoms. The highest BCUT2D eigenvalue weighted by atomic mass is 16.5. The number of carbonyl (C=O) groups is 1. The average Bonchev–Trinajstić information content (AvgIpc) is 3.44. The predicted molar refractivity (Wildman–Crippen MR) is 98.9 cm³/mol. The molecule has 7 nitrogen and oxygen atoms in total. The van der Waals surface area contributed by atoms with Crippen LogP contribution in [0, 0.1) is 11.8 Å². The van der Waals surface area contributed by atoms with Crippen LogP contribution in [0.3, 0.4) is 0 Å². The molecule has 142 valence electrons. The van der Waals surface area contributed by atoms with Gasteiger partial charge in [0.25, 0.3) is 0 Å². The summed E-state index contributed by atoms with van der Waals surface area (Å²) in [5.74, 6) is 2.25. The van der Waals surface area contributed by atoms with E-state index in [4.69, 9.17) is 4.74 Å². The van der Waals surface area contributed by atoms with Gasteiger partial charge in [-0.2, -0.15) is 0 Å². The van der Waals surface area contributed by atoms with Crippen LogP contribution in [0.5, 0.6) is 0 Å². The Hall–Kier alpha value is -1.73. The zero-order valence-corrected chi connectivity index (χ0v) is 15.3. The smallest absolute Gasteiger partial charge is 0.225 e. The van der Waals surface area contributed by atoms with Gasteiger partial charge in [0.2, 0.25) is 11.9 Å². The van der Waals surface area contributed by atoms with Gasteiger partial charge in [-0.15, -0.1) is 0 Å². The molecular formula is C19H29N5O2. The largest absolute Gasteiger partial charge is 0.379 e. The van der Waals surface area contributed by atoms with Gasteiger partial charge < -0.3 is 15.0 Å². The highest BCUT2D eigenvalue weighted by molar-refractivity contribution is 5.76. The van der Waals surface area contributed by atoms with Crippen molar-refractivity contribution in [2.24, 2.45) is 11.8 Å². The van der Waals surface area contributed by atoms with E-state index in [0.29, 0.717) is 12.3 Å². The van der Waals surface area contributed by atoms with Crippen molar-refractivity contribution in [2.75, 3.05) is 50.8 Å². The van der Waals surface area contributed by atoms with Gasteiger partial charge in [-0.1, -0.05) is 0 Å². The lowest BCUT2D eigenvalue weighted by molar-refractivity contribution is -0.122. The molecule has 1 saturated carbocycles. The minimum Gasteiger partial charge on any atom is -0.379 e. The van der Waals surface area contributed by atoms with Gasteiger partial charge >= 0.3 is 0 Å². The number of anilines is 1. The van der Waals surface area contributed by atoms with Crippen molar-refractivity contribution in [2.45, 2.75) is 31.7 Å². The second-order valence-corrected chi connectivity index (χ2v) is 7.69. The van der Waals surface area contributed by atoms with Gasteiger partial charge in [0.1, 0.15) is 0 Å². The quantitative estimate of drug-likeness (QED) is 0.781. The molecule has 1 aromatic heterocycles. The average molecular weight is 359 g/mol. The van der Waals surface area contributed by atoms with Gasteiger partial charge in [0.05, 0.1) is 19.3 Å². The SMILES string of the molecule is O=C(CCCN1CCOCC1)N[C@H]1CN(c2ncccn2)C[C@@H]1C1CC1. The molecule has 0 aromatic carbocycles. The monoisotopic (exact) mass is 359 g/mol. The number of carbonyl (C=O) groups excluding carboxylic acids is 1. The van der Waals surface area contributed by atoms with E-state index in [2.05, 4.69) is 25.1 Å². The minimum atomic E-state index is 0.185. The van der Waals surface area contributed by atoms with E-state index in [1.54, 1.807) is 12.4 Å². The first kappa shape index (κ1) is 17.7. The molecule has 2 aliphatic heterocycles. The summed E-state index contributed by atoms with van der Waals surface area (Å²) in [6.07, 6.45) is 7.67. The third-order valence-corrected chi connectivity index (χ3v) is 5.76. The topological polar surface area (TPSA) is 70.6 Å². The van der Waals surface area contributed by atoms with Crippen molar-refractivity contribution in [1.82, 2.24) is 20.2 Å². The number of amides is 1. The molecule has 26 heavy (non-hydrogen) atoms. The van der Waals surface area contributed by atoms with Gasteiger partial charge in [-0.25, -0.2) is 9.97 Å². The second kappa shape index (κ2) is 8.31. The summed E-state index contributed by atoms with van der Waals surface area (Å²) < 4.78 is 5.37. The summed E-state index contributed by atoms with van der Waals surface area (Å²) in [7, 11) is 0. The third kappa shape index (κ3) is 4.51. The number of hydrogen-bond acceptors (Lipinski definition) is 6. The van der Waals surface area contributed by atoms with E-state index in [1.165, 1.54) is 12.8 Å². The lowest BCUT2D eigenvalue weighted by Crippen LogP contribution is -2.42. The fourth-order valence-corrected chi connectivity index (χ4v) is 4.17. The van der Waals surface area contributed by atoms with Gasteiger partial charge in [-0.3, -0.25) is 9.69 Å². The molecule has 1 N–H and O–H groups in total. The molecule has 3 aliphatic rings. The van der Waals surface area contributed by atoms with E-state index in [0.717, 1.165) is 64.2 Å². The first-order valence-electron chi connectivity index (χ1n) is 9.91. The third-order valence-electron chi connectivity index (χ3n) is 5.76. The van der Waals surface area contributed by atoms with Gasteiger partial charge in [0.15, 0.2) is 0 Å². The molecule has 3 heterocycles. The normalized spacial score (nSPS) is 26.8. The fourth-order valence-electron chi connectivity index (χ4n) is 4.17. The Bertz CT molecular complexity index is 589. The molecule has 1 aromatic rings. The number of nitrogens with zero attached hydrogens (tertiary/aromatic N) is 4. The Morgan fingerprint density at radius 1 is 1.19 bits per heavy atom. The molecule has 2 saturated heterocycles. The predicted octanol–water partition coefficient (Wildman–Crippen LogP) is 0.920. The van der Waals surface area contributed by atoms with Crippen molar-refractivity contribution in [3.8, 4) is 0 Å². The molecule has 0 radical (unpaired) electrons. The summed E-state index contributed by atoms with van der Waals surface area (Å²) in [4.78, 5) is 25.8. The van der Waals surface area contributed by atoms with Crippen molar-refractivity contribution >= 4 is 11.9 Å². The van der Waals surface area contributed by atoms with Crippen LogP contribution >= 0.6 is 0 Å². The number of rotatable bonds is 7. The van der Waals surface area contributed by atoms with Crippen molar-refractivity contribution in [3.63, 3.8) is 0 Å². The first-order chi connectivity index (χ1) is 12.8. The summed E-state index contributed by atoms with van der Waals surface area (Å²) in [6, 6.07) is 2.06. The van der Waals surface area contributed by atoms with E-state index in [-0.39, 0.29) is 11.9 Å². The molecule has 7 heteroatoms. The number of aromatic nitrogens is 2. The van der Waals surface area contributed by atoms with Crippen molar-refractivity contribution in [3.05, 3.63) is 18.5 Å². The van der Waals surface area contributed by atoms with Gasteiger partial charge in [0, 0.05) is 50.9 Å². The molecular weight excluding hydrogens is 330 g/mol. The van der Waals surface area contributed by atoms with Crippen LogP contribution in [0.1, 0.15) is 25.7 Å². The van der Waals surface area contributed by atoms with Crippen LogP contribution in [0.2, 0.25) is 0 Å². The first-order valence-corrected chi connectivity index (χ1v) is 9.91. The highest BCUT2D eigenvalue weighted by Crippen LogP contribution is 2.42. The number of morpholine rings is 1. The lowest BCUT2D eigenvalue weighted by atomic mass is 9.98. The minimum absolute atomic E-state index is 0.185. The van der Waals surface area contributed by atoms with Crippen LogP contribution in [0.4, 0.5) is 5.95 Å². The summed E-state index contributed by atoms with van der Waals surface area (Å²) in [6.45, 7) is 6.36. The van der Waals surface area contributed by atoms with E-state index in [1.807, 2.05) is 6.07 Å². The molecule has 0 unspecified atom stereocenters. The Kier molecular flexibility index (Phi) is 5.65. The molecule has 1 amide bonds. The Balaban J connectivity index is 1.26. The highest BCUT2D eigenvalue weighted by Gasteiger charge is 2.43. The number of ether oxygens (including phenoxy) is 1. The number of nitrogens with one attached hydrogen (secondary N) is 1. The zero-order chi connectivity index (χ0) is 17.8. The molecule has 3 fully saturated rings. The van der Waals surface area contributed by atoms with Crippen LogP contribution in [0.25, 0.3) is 0 Å². The molecule has 2 atom stereocenters. The Labute approximate surface area is 155 Å². The maximum absolute atomic E-state index is 12.5. The van der Waals surface area contributed by atoms with E-state index < -0.39 is 0 Å². The van der Waals surface area contributed by atoms with E-state index in [9.17, 15) is 4.79 Å². The van der Waals surface area contributed by atoms with Crippen LogP contribution in [-0.4, -0.2) is 72.8 Å². The summed E-state index contributed by atoms with van der Waals surface area (Å²) in [5.41, 5.74) is 0. The fraction of sp³-hybridized carbons (Fsp3) is 0.737. The van der Waals surface area contributed by atoms with Crippen molar-refractivity contribution < 1.29 is 9.53 Å². The lowest BCUT2D eigenvalue weighted by Gasteiger charge is -2.26. The van der Waals surface area contributed by atoms with E-state index >= 15 is 0 Å². The maximum atomic E-state index is 12.5. The zero-order valence-electron chi connectivity index (χ0n) is 15.3. The maximum Gasteiger partial charge on any atom is 0.225 e. The second-order valence-electron chi connectivity index (χ2n) is 7.69. The Morgan fingerprint density at radius 3 is 2.69 bits per heavy atom. The van der Waals surface area contributed by atoms with Crippen LogP contribution < -0.4 is 10.2 Å². The molecule has 0 bridgehead atoms. The molecule has 1 aliphatic carbocycles. The standard InChI is InChI=1S/C19H29N5O2/c25-18(3-1-8-23-9-11-26-12-10-23)22-17-14-24(13-16(17)15-4-5-15)19-20-6-2-7-21-19/h2,6-7,15-17H,1,3-5,8-14H2,(H,22,25)/t16-,17+/m1/s1. The molecule has 4 rings (SSSR count). The van der Waals surface area contributed by atoms with Crippen LogP contribution in [0.15, 0.2) is 18.5 Å². The van der Waals surface area contributed by atoms with Crippen molar-refractivity contribution in [1.29, 1.82) is 0 Å². The van der Waals surface area contributed by atoms with Gasteiger partial charge in [-0.05, 0) is 37.8 Å². The summed E-state index contributed by atoms with van der Waals surface area (Å²) in [5, 5.41) is 3.31. The van der Waals surface area contributed by atoms with Crippen LogP contribution in [-0.2, 0) is 9.53 Å². The summed E-state index contributed by atoms with van der Waals surface area (Å²) >= 11 is 0.